The maximum Gasteiger partial charge on any atom is 0.252 e. The van der Waals surface area contributed by atoms with Crippen LogP contribution in [0.25, 0.3) is 16.9 Å². The number of fused-ring (bicyclic) bond motifs is 1. The van der Waals surface area contributed by atoms with Crippen LogP contribution in [0.2, 0.25) is 5.02 Å². The second-order valence-electron chi connectivity index (χ2n) is 8.29. The average Bonchev–Trinajstić information content (AvgIpc) is 3.24. The summed E-state index contributed by atoms with van der Waals surface area (Å²) in [5.74, 6) is -0.299. The summed E-state index contributed by atoms with van der Waals surface area (Å²) in [6.07, 6.45) is 3.42. The van der Waals surface area contributed by atoms with Gasteiger partial charge in [0.15, 0.2) is 0 Å². The van der Waals surface area contributed by atoms with Gasteiger partial charge in [-0.05, 0) is 67.8 Å². The Kier molecular flexibility index (Phi) is 5.61. The summed E-state index contributed by atoms with van der Waals surface area (Å²) < 4.78 is 31.7. The molecule has 1 atom stereocenters. The lowest BCUT2D eigenvalue weighted by Crippen LogP contribution is -2.35. The molecule has 0 bridgehead atoms. The van der Waals surface area contributed by atoms with Gasteiger partial charge in [0.2, 0.25) is 0 Å². The summed E-state index contributed by atoms with van der Waals surface area (Å²) in [6.45, 7) is 3.64. The zero-order chi connectivity index (χ0) is 22.2. The Bertz CT molecular complexity index is 1250. The third-order valence-corrected chi connectivity index (χ3v) is 6.28. The summed E-state index contributed by atoms with van der Waals surface area (Å²) in [4.78, 5) is 10.7. The van der Waals surface area contributed by atoms with E-state index in [1.807, 2.05) is 13.0 Å². The summed E-state index contributed by atoms with van der Waals surface area (Å²) in [6, 6.07) is 11.8. The van der Waals surface area contributed by atoms with E-state index in [1.54, 1.807) is 28.8 Å². The molecule has 3 heterocycles. The van der Waals surface area contributed by atoms with Gasteiger partial charge in [0.05, 0.1) is 5.69 Å². The van der Waals surface area contributed by atoms with Crippen molar-refractivity contribution in [2.75, 3.05) is 13.1 Å². The van der Waals surface area contributed by atoms with Crippen molar-refractivity contribution in [1.82, 2.24) is 24.5 Å². The molecule has 0 saturated carbocycles. The smallest absolute Gasteiger partial charge is 0.252 e. The molecule has 164 valence electrons. The molecule has 1 aliphatic rings. The SMILES string of the molecule is Cc1cc(C2CCCN(Cc3c(F)cc(-c4ccc(Cl)cc4)cc3F)C2)n2ncnc2n1. The van der Waals surface area contributed by atoms with Gasteiger partial charge in [-0.15, -0.1) is 0 Å². The second-order valence-corrected chi connectivity index (χ2v) is 8.73. The number of hydrogen-bond acceptors (Lipinski definition) is 4. The van der Waals surface area contributed by atoms with Gasteiger partial charge in [-0.25, -0.2) is 18.3 Å². The summed E-state index contributed by atoms with van der Waals surface area (Å²) in [5, 5.41) is 4.89. The molecule has 1 saturated heterocycles. The van der Waals surface area contributed by atoms with E-state index >= 15 is 0 Å². The van der Waals surface area contributed by atoms with Gasteiger partial charge >= 0.3 is 0 Å². The van der Waals surface area contributed by atoms with Crippen LogP contribution in [0.15, 0.2) is 48.8 Å². The Hall–Kier alpha value is -2.90. The zero-order valence-electron chi connectivity index (χ0n) is 17.6. The van der Waals surface area contributed by atoms with Crippen molar-refractivity contribution in [2.45, 2.75) is 32.2 Å². The van der Waals surface area contributed by atoms with Crippen LogP contribution in [0.5, 0.6) is 0 Å². The summed E-state index contributed by atoms with van der Waals surface area (Å²) >= 11 is 5.92. The first-order chi connectivity index (χ1) is 15.5. The lowest BCUT2D eigenvalue weighted by Gasteiger charge is -2.33. The van der Waals surface area contributed by atoms with E-state index in [0.717, 1.165) is 36.3 Å². The maximum absolute atomic E-state index is 14.9. The van der Waals surface area contributed by atoms with E-state index in [-0.39, 0.29) is 18.0 Å². The number of hydrogen-bond donors (Lipinski definition) is 0. The quantitative estimate of drug-likeness (QED) is 0.414. The number of benzene rings is 2. The van der Waals surface area contributed by atoms with Gasteiger partial charge in [-0.3, -0.25) is 4.90 Å². The Labute approximate surface area is 189 Å². The molecule has 2 aromatic carbocycles. The maximum atomic E-state index is 14.9. The molecular weight excluding hydrogens is 432 g/mol. The van der Waals surface area contributed by atoms with E-state index in [9.17, 15) is 8.78 Å². The Morgan fingerprint density at radius 3 is 2.56 bits per heavy atom. The topological polar surface area (TPSA) is 46.3 Å². The highest BCUT2D eigenvalue weighted by molar-refractivity contribution is 6.30. The van der Waals surface area contributed by atoms with Crippen molar-refractivity contribution in [1.29, 1.82) is 0 Å². The molecule has 4 aromatic rings. The first-order valence-corrected chi connectivity index (χ1v) is 11.0. The molecule has 2 aromatic heterocycles. The molecule has 0 radical (unpaired) electrons. The molecule has 1 unspecified atom stereocenters. The van der Waals surface area contributed by atoms with E-state index in [0.29, 0.717) is 22.9 Å². The fraction of sp³-hybridized carbons (Fsp3) is 0.292. The molecule has 0 amide bonds. The van der Waals surface area contributed by atoms with Crippen molar-refractivity contribution in [2.24, 2.45) is 0 Å². The van der Waals surface area contributed by atoms with E-state index < -0.39 is 11.6 Å². The molecule has 0 N–H and O–H groups in total. The highest BCUT2D eigenvalue weighted by atomic mass is 35.5. The largest absolute Gasteiger partial charge is 0.298 e. The van der Waals surface area contributed by atoms with E-state index in [1.165, 1.54) is 18.5 Å². The van der Waals surface area contributed by atoms with E-state index in [4.69, 9.17) is 11.6 Å². The van der Waals surface area contributed by atoms with Crippen LogP contribution in [-0.4, -0.2) is 37.6 Å². The fourth-order valence-corrected chi connectivity index (χ4v) is 4.60. The summed E-state index contributed by atoms with van der Waals surface area (Å²) in [7, 11) is 0. The van der Waals surface area contributed by atoms with Gasteiger partial charge in [0, 0.05) is 35.3 Å². The Morgan fingerprint density at radius 2 is 1.81 bits per heavy atom. The predicted molar refractivity (Wildman–Crippen MR) is 120 cm³/mol. The van der Waals surface area contributed by atoms with Gasteiger partial charge < -0.3 is 0 Å². The van der Waals surface area contributed by atoms with Gasteiger partial charge in [-0.2, -0.15) is 10.1 Å². The molecule has 0 spiro atoms. The van der Waals surface area contributed by atoms with Crippen LogP contribution < -0.4 is 0 Å². The van der Waals surface area contributed by atoms with Gasteiger partial charge in [-0.1, -0.05) is 23.7 Å². The lowest BCUT2D eigenvalue weighted by atomic mass is 9.93. The molecule has 8 heteroatoms. The van der Waals surface area contributed by atoms with Gasteiger partial charge in [0.1, 0.15) is 18.0 Å². The van der Waals surface area contributed by atoms with Crippen LogP contribution in [0.1, 0.15) is 35.7 Å². The van der Waals surface area contributed by atoms with Crippen molar-refractivity contribution >= 4 is 17.4 Å². The molecule has 5 nitrogen and oxygen atoms in total. The van der Waals surface area contributed by atoms with Crippen LogP contribution in [0.4, 0.5) is 8.78 Å². The van der Waals surface area contributed by atoms with Crippen LogP contribution in [-0.2, 0) is 6.54 Å². The number of halogens is 3. The lowest BCUT2D eigenvalue weighted by molar-refractivity contribution is 0.193. The zero-order valence-corrected chi connectivity index (χ0v) is 18.4. The number of aryl methyl sites for hydroxylation is 1. The standard InChI is InChI=1S/C24H22ClF2N5/c1-15-9-23(32-24(30-15)28-14-29-32)17-3-2-8-31(12-17)13-20-21(26)10-18(11-22(20)27)16-4-6-19(25)7-5-16/h4-7,9-11,14,17H,2-3,8,12-13H2,1H3. The highest BCUT2D eigenvalue weighted by Gasteiger charge is 2.26. The third kappa shape index (κ3) is 4.10. The van der Waals surface area contributed by atoms with Crippen molar-refractivity contribution < 1.29 is 8.78 Å². The summed E-state index contributed by atoms with van der Waals surface area (Å²) in [5.41, 5.74) is 3.24. The minimum absolute atomic E-state index is 0.0974. The second kappa shape index (κ2) is 8.56. The minimum Gasteiger partial charge on any atom is -0.298 e. The number of rotatable bonds is 4. The molecular formula is C24H22ClF2N5. The molecule has 5 rings (SSSR count). The third-order valence-electron chi connectivity index (χ3n) is 6.03. The monoisotopic (exact) mass is 453 g/mol. The Balaban J connectivity index is 1.38. The van der Waals surface area contributed by atoms with Crippen molar-refractivity contribution in [3.8, 4) is 11.1 Å². The molecule has 1 fully saturated rings. The first-order valence-electron chi connectivity index (χ1n) is 10.6. The molecule has 0 aliphatic carbocycles. The van der Waals surface area contributed by atoms with E-state index in [2.05, 4.69) is 20.0 Å². The van der Waals surface area contributed by atoms with Crippen LogP contribution >= 0.6 is 11.6 Å². The van der Waals surface area contributed by atoms with Crippen LogP contribution in [0.3, 0.4) is 0 Å². The van der Waals surface area contributed by atoms with Crippen molar-refractivity contribution in [3.63, 3.8) is 0 Å². The highest BCUT2D eigenvalue weighted by Crippen LogP contribution is 2.30. The number of aromatic nitrogens is 4. The number of nitrogens with zero attached hydrogens (tertiary/aromatic N) is 5. The van der Waals surface area contributed by atoms with Gasteiger partial charge in [0.25, 0.3) is 5.78 Å². The fourth-order valence-electron chi connectivity index (χ4n) is 4.48. The normalized spacial score (nSPS) is 17.2. The predicted octanol–water partition coefficient (Wildman–Crippen LogP) is 5.41. The van der Waals surface area contributed by atoms with Crippen LogP contribution in [0, 0.1) is 18.6 Å². The molecule has 32 heavy (non-hydrogen) atoms. The first kappa shape index (κ1) is 21.0. The molecule has 1 aliphatic heterocycles. The van der Waals surface area contributed by atoms with Crippen molar-refractivity contribution in [3.05, 3.63) is 82.4 Å². The Morgan fingerprint density at radius 1 is 1.06 bits per heavy atom. The number of likely N-dealkylation sites (tertiary alicyclic amines) is 1. The average molecular weight is 454 g/mol. The number of piperidine rings is 1. The minimum atomic E-state index is -0.532.